The van der Waals surface area contributed by atoms with Gasteiger partial charge in [-0.2, -0.15) is 0 Å². The largest absolute Gasteiger partial charge is 0.489 e. The van der Waals surface area contributed by atoms with E-state index >= 15 is 0 Å². The second-order valence-corrected chi connectivity index (χ2v) is 9.83. The van der Waals surface area contributed by atoms with E-state index in [9.17, 15) is 9.18 Å². The minimum absolute atomic E-state index is 0.0350. The van der Waals surface area contributed by atoms with Crippen LogP contribution in [0.5, 0.6) is 5.75 Å². The lowest BCUT2D eigenvalue weighted by Crippen LogP contribution is -2.03. The Balaban J connectivity index is 1.47. The van der Waals surface area contributed by atoms with E-state index in [1.165, 1.54) is 12.1 Å². The van der Waals surface area contributed by atoms with Crippen molar-refractivity contribution >= 4 is 52.4 Å². The number of hydrogen-bond donors (Lipinski definition) is 1. The zero-order valence-electron chi connectivity index (χ0n) is 18.6. The molecule has 1 unspecified atom stereocenters. The summed E-state index contributed by atoms with van der Waals surface area (Å²) in [5, 5.41) is 9.82. The molecule has 1 aliphatic heterocycles. The van der Waals surface area contributed by atoms with Gasteiger partial charge in [-0.1, -0.05) is 54.1 Å². The average Bonchev–Trinajstić information content (AvgIpc) is 3.00. The first-order valence-electron chi connectivity index (χ1n) is 11.1. The Morgan fingerprint density at radius 3 is 2.83 bits per heavy atom. The number of carboxylic acids is 1. The van der Waals surface area contributed by atoms with E-state index in [0.29, 0.717) is 23.3 Å². The molecule has 1 aromatic heterocycles. The van der Waals surface area contributed by atoms with Crippen molar-refractivity contribution in [3.8, 4) is 5.75 Å². The summed E-state index contributed by atoms with van der Waals surface area (Å²) in [6.45, 7) is 0.471. The van der Waals surface area contributed by atoms with Crippen LogP contribution < -0.4 is 4.74 Å². The van der Waals surface area contributed by atoms with Gasteiger partial charge in [0.25, 0.3) is 0 Å². The van der Waals surface area contributed by atoms with Gasteiger partial charge in [0.05, 0.1) is 27.9 Å². The summed E-state index contributed by atoms with van der Waals surface area (Å²) in [6, 6.07) is 20.7. The summed E-state index contributed by atoms with van der Waals surface area (Å²) in [4.78, 5) is 15.7. The van der Waals surface area contributed by atoms with E-state index in [-0.39, 0.29) is 16.7 Å². The zero-order chi connectivity index (χ0) is 24.4. The molecule has 1 N–H and O–H groups in total. The lowest BCUT2D eigenvalue weighted by Gasteiger charge is -2.19. The Bertz CT molecular complexity index is 1460. The molecular formula is C28H21ClFNO3S. The predicted octanol–water partition coefficient (Wildman–Crippen LogP) is 7.39. The van der Waals surface area contributed by atoms with Gasteiger partial charge in [-0.15, -0.1) is 11.8 Å². The number of hydrogen-bond acceptors (Lipinski definition) is 4. The maximum Gasteiger partial charge on any atom is 0.304 e. The molecule has 1 atom stereocenters. The van der Waals surface area contributed by atoms with Gasteiger partial charge in [0.2, 0.25) is 0 Å². The number of fused-ring (bicyclic) bond motifs is 3. The maximum absolute atomic E-state index is 13.7. The maximum atomic E-state index is 13.7. The Kier molecular flexibility index (Phi) is 6.75. The number of nitrogens with zero attached hydrogens (tertiary/aromatic N) is 1. The number of ether oxygens (including phenoxy) is 1. The minimum atomic E-state index is -0.806. The molecule has 4 aromatic rings. The summed E-state index contributed by atoms with van der Waals surface area (Å²) in [5.74, 6) is 0.0258. The lowest BCUT2D eigenvalue weighted by molar-refractivity contribution is -0.136. The van der Waals surface area contributed by atoms with Crippen LogP contribution in [0.2, 0.25) is 5.02 Å². The summed E-state index contributed by atoms with van der Waals surface area (Å²) in [7, 11) is 0. The molecule has 0 amide bonds. The van der Waals surface area contributed by atoms with E-state index in [4.69, 9.17) is 21.4 Å². The van der Waals surface area contributed by atoms with Crippen molar-refractivity contribution in [2.75, 3.05) is 5.75 Å². The first-order valence-corrected chi connectivity index (χ1v) is 12.5. The highest BCUT2D eigenvalue weighted by Gasteiger charge is 2.25. The molecule has 0 fully saturated rings. The minimum Gasteiger partial charge on any atom is -0.489 e. The number of thioether (sulfide) groups is 1. The molecule has 2 heterocycles. The van der Waals surface area contributed by atoms with Crippen molar-refractivity contribution in [3.05, 3.63) is 106 Å². The van der Waals surface area contributed by atoms with Crippen LogP contribution in [0, 0.1) is 5.82 Å². The Labute approximate surface area is 211 Å². The second kappa shape index (κ2) is 10.1. The highest BCUT2D eigenvalue weighted by Crippen LogP contribution is 2.44. The normalized spacial score (nSPS) is 14.9. The van der Waals surface area contributed by atoms with Gasteiger partial charge in [-0.05, 0) is 53.1 Å². The van der Waals surface area contributed by atoms with Crippen molar-refractivity contribution in [1.82, 2.24) is 4.98 Å². The molecule has 0 saturated heterocycles. The number of aromatic nitrogens is 1. The van der Waals surface area contributed by atoms with Crippen LogP contribution in [0.3, 0.4) is 0 Å². The van der Waals surface area contributed by atoms with Gasteiger partial charge in [0.1, 0.15) is 18.2 Å². The number of carbonyl (C=O) groups is 1. The van der Waals surface area contributed by atoms with Crippen molar-refractivity contribution in [2.45, 2.75) is 18.3 Å². The molecule has 176 valence electrons. The zero-order valence-corrected chi connectivity index (χ0v) is 20.2. The molecule has 5 rings (SSSR count). The van der Waals surface area contributed by atoms with E-state index in [2.05, 4.69) is 23.2 Å². The number of carboxylic acid groups (broad SMARTS) is 1. The molecule has 3 aromatic carbocycles. The second-order valence-electron chi connectivity index (χ2n) is 8.21. The number of halogens is 2. The topological polar surface area (TPSA) is 59.4 Å². The van der Waals surface area contributed by atoms with Crippen molar-refractivity contribution in [1.29, 1.82) is 0 Å². The predicted molar refractivity (Wildman–Crippen MR) is 139 cm³/mol. The average molecular weight is 506 g/mol. The van der Waals surface area contributed by atoms with Crippen LogP contribution in [0.4, 0.5) is 4.39 Å². The molecular weight excluding hydrogens is 485 g/mol. The standard InChI is InChI=1S/C28H21ClFNO3S/c29-23-15-25-18(14-24(23)30)7-9-20(31-25)8-5-17-6-10-26-22(13-17)28(35-12-11-27(32)33)21-4-2-1-3-19(21)16-34-26/h1-10,13-15,28H,11-12,16H2,(H,32,33)/b8-5+. The van der Waals surface area contributed by atoms with Gasteiger partial charge >= 0.3 is 5.97 Å². The third-order valence-electron chi connectivity index (χ3n) is 5.84. The summed E-state index contributed by atoms with van der Waals surface area (Å²) in [5.41, 5.74) is 5.58. The van der Waals surface area contributed by atoms with Gasteiger partial charge < -0.3 is 9.84 Å². The van der Waals surface area contributed by atoms with Gasteiger partial charge in [-0.25, -0.2) is 9.37 Å². The quantitative estimate of drug-likeness (QED) is 0.296. The van der Waals surface area contributed by atoms with Gasteiger partial charge in [0.15, 0.2) is 0 Å². The Morgan fingerprint density at radius 1 is 1.11 bits per heavy atom. The Hall–Kier alpha value is -3.35. The molecule has 0 aliphatic carbocycles. The van der Waals surface area contributed by atoms with Crippen LogP contribution in [-0.4, -0.2) is 21.8 Å². The molecule has 0 saturated carbocycles. The van der Waals surface area contributed by atoms with E-state index in [1.54, 1.807) is 11.8 Å². The SMILES string of the molecule is O=C(O)CCSC1c2ccccc2COc2ccc(/C=C/c3ccc4cc(F)c(Cl)cc4n3)cc21. The first-order chi connectivity index (χ1) is 17.0. The van der Waals surface area contributed by atoms with E-state index < -0.39 is 11.8 Å². The lowest BCUT2D eigenvalue weighted by atomic mass is 9.98. The molecule has 35 heavy (non-hydrogen) atoms. The van der Waals surface area contributed by atoms with Crippen LogP contribution in [-0.2, 0) is 11.4 Å². The van der Waals surface area contributed by atoms with Gasteiger partial charge in [-0.3, -0.25) is 4.79 Å². The number of pyridine rings is 1. The summed E-state index contributed by atoms with van der Waals surface area (Å²) >= 11 is 7.53. The number of benzene rings is 3. The molecule has 1 aliphatic rings. The van der Waals surface area contributed by atoms with Crippen molar-refractivity contribution in [2.24, 2.45) is 0 Å². The molecule has 0 spiro atoms. The van der Waals surface area contributed by atoms with Crippen LogP contribution in [0.15, 0.2) is 66.7 Å². The smallest absolute Gasteiger partial charge is 0.304 e. The van der Waals surface area contributed by atoms with Crippen molar-refractivity contribution in [3.63, 3.8) is 0 Å². The molecule has 0 bridgehead atoms. The fourth-order valence-corrected chi connectivity index (χ4v) is 5.56. The molecule has 4 nitrogen and oxygen atoms in total. The fraction of sp³-hybridized carbons (Fsp3) is 0.143. The molecule has 0 radical (unpaired) electrons. The highest BCUT2D eigenvalue weighted by molar-refractivity contribution is 7.99. The van der Waals surface area contributed by atoms with Gasteiger partial charge in [0, 0.05) is 16.7 Å². The Morgan fingerprint density at radius 2 is 1.97 bits per heavy atom. The van der Waals surface area contributed by atoms with Crippen LogP contribution in [0.1, 0.15) is 39.6 Å². The number of rotatable bonds is 6. The van der Waals surface area contributed by atoms with Crippen LogP contribution >= 0.6 is 23.4 Å². The third kappa shape index (κ3) is 5.19. The fourth-order valence-electron chi connectivity index (χ4n) is 4.10. The summed E-state index contributed by atoms with van der Waals surface area (Å²) in [6.07, 6.45) is 3.96. The third-order valence-corrected chi connectivity index (χ3v) is 7.41. The van der Waals surface area contributed by atoms with Crippen LogP contribution in [0.25, 0.3) is 23.1 Å². The van der Waals surface area contributed by atoms with E-state index in [1.807, 2.05) is 48.6 Å². The van der Waals surface area contributed by atoms with Crippen molar-refractivity contribution < 1.29 is 19.0 Å². The highest BCUT2D eigenvalue weighted by atomic mass is 35.5. The first kappa shape index (κ1) is 23.4. The summed E-state index contributed by atoms with van der Waals surface area (Å²) < 4.78 is 19.8. The monoisotopic (exact) mass is 505 g/mol. The molecule has 7 heteroatoms. The number of aliphatic carboxylic acids is 1. The van der Waals surface area contributed by atoms with E-state index in [0.717, 1.165) is 33.7 Å².